The van der Waals surface area contributed by atoms with Gasteiger partial charge in [0.1, 0.15) is 22.5 Å². The highest BCUT2D eigenvalue weighted by atomic mass is 16.6. The highest BCUT2D eigenvalue weighted by molar-refractivity contribution is 5.81. The number of rotatable bonds is 2. The third-order valence-electron chi connectivity index (χ3n) is 6.03. The van der Waals surface area contributed by atoms with Crippen LogP contribution in [-0.4, -0.2) is 49.7 Å². The van der Waals surface area contributed by atoms with Crippen molar-refractivity contribution in [3.63, 3.8) is 0 Å². The van der Waals surface area contributed by atoms with Crippen molar-refractivity contribution in [1.82, 2.24) is 25.4 Å². The van der Waals surface area contributed by atoms with Crippen LogP contribution < -0.4 is 5.32 Å². The normalized spacial score (nSPS) is 20.8. The zero-order valence-corrected chi connectivity index (χ0v) is 18.8. The molecule has 2 N–H and O–H groups in total. The Hall–Kier alpha value is -3.87. The Kier molecular flexibility index (Phi) is 5.04. The van der Waals surface area contributed by atoms with Crippen molar-refractivity contribution >= 4 is 22.9 Å². The number of carbonyl (C=O) groups is 1. The Morgan fingerprint density at radius 3 is 2.91 bits per heavy atom. The summed E-state index contributed by atoms with van der Waals surface area (Å²) in [5.74, 6) is 0.259. The molecule has 4 heterocycles. The van der Waals surface area contributed by atoms with Gasteiger partial charge in [-0.2, -0.15) is 10.4 Å². The number of nitrogens with zero attached hydrogens (tertiary/aromatic N) is 5. The molecule has 2 unspecified atom stereocenters. The lowest BCUT2D eigenvalue weighted by molar-refractivity contribution is 0.0138. The fraction of sp³-hybridized carbons (Fsp3) is 0.435. The molecule has 0 radical (unpaired) electrons. The van der Waals surface area contributed by atoms with Gasteiger partial charge in [-0.25, -0.2) is 9.42 Å². The predicted octanol–water partition coefficient (Wildman–Crippen LogP) is 4.07. The van der Waals surface area contributed by atoms with E-state index in [0.29, 0.717) is 34.7 Å². The first-order valence-electron chi connectivity index (χ1n) is 11.0. The van der Waals surface area contributed by atoms with Crippen LogP contribution in [0.3, 0.4) is 0 Å². The largest absolute Gasteiger partial charge is 0.444 e. The molecular weight excluding hydrogens is 422 g/mol. The molecule has 0 bridgehead atoms. The summed E-state index contributed by atoms with van der Waals surface area (Å²) in [5, 5.41) is 29.0. The number of amides is 1. The van der Waals surface area contributed by atoms with E-state index in [4.69, 9.17) is 9.37 Å². The predicted molar refractivity (Wildman–Crippen MR) is 119 cm³/mol. The minimum absolute atomic E-state index is 0.322. The Bertz CT molecular complexity index is 1280. The second-order valence-electron chi connectivity index (χ2n) is 9.36. The number of aromatic nitrogens is 4. The molecular formula is C23H25N7O3. The standard InChI is InChI=1S/C23H25N7O3/c1-23(2,3)32-22(31)30-10-5-4-9-17(30)20-14(11-24)18(15-12-25-27-21(15)26-20)13-7-6-8-16-19(13)29-33-28-16/h6-8,12,17-18H,4-5,9-10H2,1-3H3,(H2,25,26,27). The molecule has 1 amide bonds. The molecule has 1 aromatic carbocycles. The van der Waals surface area contributed by atoms with Crippen molar-refractivity contribution in [1.29, 1.82) is 5.26 Å². The first-order valence-corrected chi connectivity index (χ1v) is 11.0. The van der Waals surface area contributed by atoms with E-state index in [-0.39, 0.29) is 12.1 Å². The third-order valence-corrected chi connectivity index (χ3v) is 6.03. The Morgan fingerprint density at radius 1 is 1.27 bits per heavy atom. The third kappa shape index (κ3) is 3.69. The number of benzene rings is 1. The molecule has 2 atom stereocenters. The number of carbonyl (C=O) groups excluding carboxylic acids is 1. The van der Waals surface area contributed by atoms with Crippen LogP contribution in [0.5, 0.6) is 0 Å². The quantitative estimate of drug-likeness (QED) is 0.601. The summed E-state index contributed by atoms with van der Waals surface area (Å²) >= 11 is 0. The zero-order chi connectivity index (χ0) is 23.2. The van der Waals surface area contributed by atoms with E-state index < -0.39 is 11.5 Å². The number of aromatic amines is 1. The highest BCUT2D eigenvalue weighted by Gasteiger charge is 2.40. The lowest BCUT2D eigenvalue weighted by atomic mass is 9.80. The van der Waals surface area contributed by atoms with Crippen LogP contribution in [0.25, 0.3) is 11.0 Å². The maximum atomic E-state index is 13.1. The van der Waals surface area contributed by atoms with Crippen molar-refractivity contribution in [3.05, 3.63) is 46.8 Å². The summed E-state index contributed by atoms with van der Waals surface area (Å²) in [6.45, 7) is 6.11. The average molecular weight is 447 g/mol. The van der Waals surface area contributed by atoms with Gasteiger partial charge in [0.25, 0.3) is 0 Å². The van der Waals surface area contributed by atoms with Crippen molar-refractivity contribution in [2.75, 3.05) is 11.9 Å². The average Bonchev–Trinajstić information content (AvgIpc) is 3.45. The first kappa shape index (κ1) is 21.0. The van der Waals surface area contributed by atoms with Crippen LogP contribution in [-0.2, 0) is 4.74 Å². The summed E-state index contributed by atoms with van der Waals surface area (Å²) in [7, 11) is 0. The summed E-state index contributed by atoms with van der Waals surface area (Å²) < 4.78 is 10.6. The molecule has 170 valence electrons. The van der Waals surface area contributed by atoms with E-state index >= 15 is 0 Å². The molecule has 0 spiro atoms. The fourth-order valence-electron chi connectivity index (χ4n) is 4.67. The molecule has 2 aliphatic heterocycles. The Morgan fingerprint density at radius 2 is 2.12 bits per heavy atom. The van der Waals surface area contributed by atoms with Crippen molar-refractivity contribution in [2.24, 2.45) is 0 Å². The van der Waals surface area contributed by atoms with Crippen LogP contribution in [0.4, 0.5) is 10.6 Å². The van der Waals surface area contributed by atoms with Crippen LogP contribution in [0.2, 0.25) is 0 Å². The molecule has 3 aromatic rings. The Balaban J connectivity index is 1.64. The Labute approximate surface area is 190 Å². The molecule has 10 heteroatoms. The van der Waals surface area contributed by atoms with Gasteiger partial charge in [-0.1, -0.05) is 12.1 Å². The smallest absolute Gasteiger partial charge is 0.410 e. The molecule has 2 aliphatic rings. The second-order valence-corrected chi connectivity index (χ2v) is 9.36. The molecule has 5 rings (SSSR count). The number of H-pyrrole nitrogens is 1. The molecule has 1 saturated heterocycles. The number of hydrogen-bond donors (Lipinski definition) is 2. The van der Waals surface area contributed by atoms with E-state index in [0.717, 1.165) is 30.4 Å². The minimum Gasteiger partial charge on any atom is -0.444 e. The van der Waals surface area contributed by atoms with Gasteiger partial charge < -0.3 is 10.1 Å². The molecule has 10 nitrogen and oxygen atoms in total. The highest BCUT2D eigenvalue weighted by Crippen LogP contribution is 2.44. The van der Waals surface area contributed by atoms with Gasteiger partial charge in [-0.3, -0.25) is 10.00 Å². The van der Waals surface area contributed by atoms with Crippen molar-refractivity contribution < 1.29 is 14.2 Å². The van der Waals surface area contributed by atoms with E-state index in [1.807, 2.05) is 39.0 Å². The first-order chi connectivity index (χ1) is 15.9. The van der Waals surface area contributed by atoms with Crippen LogP contribution in [0, 0.1) is 11.3 Å². The van der Waals surface area contributed by atoms with Gasteiger partial charge in [-0.05, 0) is 62.0 Å². The van der Waals surface area contributed by atoms with Crippen molar-refractivity contribution in [3.8, 4) is 6.07 Å². The van der Waals surface area contributed by atoms with Gasteiger partial charge >= 0.3 is 6.09 Å². The summed E-state index contributed by atoms with van der Waals surface area (Å²) in [6, 6.07) is 7.69. The van der Waals surface area contributed by atoms with Gasteiger partial charge in [0, 0.05) is 12.1 Å². The van der Waals surface area contributed by atoms with Crippen molar-refractivity contribution in [2.45, 2.75) is 57.6 Å². The van der Waals surface area contributed by atoms with E-state index in [2.05, 4.69) is 31.9 Å². The summed E-state index contributed by atoms with van der Waals surface area (Å²) in [4.78, 5) is 14.8. The lowest BCUT2D eigenvalue weighted by Crippen LogP contribution is -2.49. The van der Waals surface area contributed by atoms with Gasteiger partial charge in [0.05, 0.1) is 35.5 Å². The van der Waals surface area contributed by atoms with Gasteiger partial charge in [-0.15, -0.1) is 0 Å². The number of anilines is 1. The van der Waals surface area contributed by atoms with Crippen LogP contribution in [0.15, 0.2) is 40.3 Å². The van der Waals surface area contributed by atoms with Crippen LogP contribution >= 0.6 is 0 Å². The number of nitrogens with one attached hydrogen (secondary N) is 2. The zero-order valence-electron chi connectivity index (χ0n) is 18.8. The van der Waals surface area contributed by atoms with Crippen LogP contribution in [0.1, 0.15) is 57.1 Å². The SMILES string of the molecule is CC(C)(C)OC(=O)N1CCCCC1C1=C(C#N)C(c2cccc3nonc23)c2cn[nH]c2N1. The number of likely N-dealkylation sites (tertiary alicyclic amines) is 1. The number of hydrogen-bond acceptors (Lipinski definition) is 8. The number of allylic oxidation sites excluding steroid dienone is 1. The molecule has 2 aromatic heterocycles. The number of fused-ring (bicyclic) bond motifs is 2. The summed E-state index contributed by atoms with van der Waals surface area (Å²) in [5.41, 5.74) is 3.41. The molecule has 1 fully saturated rings. The van der Waals surface area contributed by atoms with E-state index in [1.54, 1.807) is 11.1 Å². The van der Waals surface area contributed by atoms with Gasteiger partial charge in [0.2, 0.25) is 0 Å². The molecule has 0 aliphatic carbocycles. The molecule has 33 heavy (non-hydrogen) atoms. The number of nitriles is 1. The molecule has 0 saturated carbocycles. The minimum atomic E-state index is -0.611. The number of ether oxygens (including phenoxy) is 1. The monoisotopic (exact) mass is 447 g/mol. The topological polar surface area (TPSA) is 133 Å². The maximum absolute atomic E-state index is 13.1. The number of piperidine rings is 1. The van der Waals surface area contributed by atoms with E-state index in [1.165, 1.54) is 0 Å². The lowest BCUT2D eigenvalue weighted by Gasteiger charge is -2.40. The second kappa shape index (κ2) is 7.92. The fourth-order valence-corrected chi connectivity index (χ4v) is 4.67. The van der Waals surface area contributed by atoms with Gasteiger partial charge in [0.15, 0.2) is 0 Å². The van der Waals surface area contributed by atoms with E-state index in [9.17, 15) is 10.1 Å². The summed E-state index contributed by atoms with van der Waals surface area (Å²) in [6.07, 6.45) is 3.87. The maximum Gasteiger partial charge on any atom is 0.410 e.